The van der Waals surface area contributed by atoms with E-state index in [9.17, 15) is 18.0 Å². The molecule has 1 saturated heterocycles. The summed E-state index contributed by atoms with van der Waals surface area (Å²) in [7, 11) is 1.47. The lowest BCUT2D eigenvalue weighted by molar-refractivity contribution is -0.137. The first-order chi connectivity index (χ1) is 17.1. The number of nitrogens with zero attached hydrogens (tertiary/aromatic N) is 1. The molecule has 1 fully saturated rings. The van der Waals surface area contributed by atoms with Crippen LogP contribution in [0, 0.1) is 5.41 Å². The molecule has 1 N–H and O–H groups in total. The van der Waals surface area contributed by atoms with E-state index in [4.69, 9.17) is 38.1 Å². The number of anilines is 1. The molecule has 0 saturated carbocycles. The maximum Gasteiger partial charge on any atom is 0.416 e. The minimum absolute atomic E-state index is 0.0297. The summed E-state index contributed by atoms with van der Waals surface area (Å²) in [5.74, 6) is 0.241. The van der Waals surface area contributed by atoms with Crippen LogP contribution >= 0.6 is 35.0 Å². The Kier molecular flexibility index (Phi) is 7.54. The first-order valence-electron chi connectivity index (χ1n) is 10.3. The highest BCUT2D eigenvalue weighted by molar-refractivity contribution is 8.19. The van der Waals surface area contributed by atoms with Crippen molar-refractivity contribution in [3.8, 4) is 11.5 Å². The van der Waals surface area contributed by atoms with Crippen LogP contribution in [0.5, 0.6) is 11.5 Å². The number of ether oxygens (including phenoxy) is 2. The van der Waals surface area contributed by atoms with Crippen molar-refractivity contribution in [3.05, 3.63) is 92.3 Å². The molecule has 0 unspecified atom stereocenters. The predicted molar refractivity (Wildman–Crippen MR) is 136 cm³/mol. The number of hydrogen-bond donors (Lipinski definition) is 1. The molecule has 186 valence electrons. The number of hydrogen-bond acceptors (Lipinski definition) is 5. The highest BCUT2D eigenvalue weighted by atomic mass is 35.5. The van der Waals surface area contributed by atoms with E-state index in [0.29, 0.717) is 27.1 Å². The molecule has 4 rings (SSSR count). The zero-order chi connectivity index (χ0) is 26.0. The van der Waals surface area contributed by atoms with Gasteiger partial charge in [0.15, 0.2) is 16.7 Å². The van der Waals surface area contributed by atoms with E-state index >= 15 is 0 Å². The fourth-order valence-electron chi connectivity index (χ4n) is 3.38. The number of carbonyl (C=O) groups is 1. The summed E-state index contributed by atoms with van der Waals surface area (Å²) >= 11 is 13.0. The van der Waals surface area contributed by atoms with E-state index in [1.54, 1.807) is 36.4 Å². The second-order valence-electron chi connectivity index (χ2n) is 7.54. The van der Waals surface area contributed by atoms with Crippen molar-refractivity contribution >= 4 is 57.8 Å². The van der Waals surface area contributed by atoms with Gasteiger partial charge < -0.3 is 9.47 Å². The summed E-state index contributed by atoms with van der Waals surface area (Å²) < 4.78 is 50.5. The summed E-state index contributed by atoms with van der Waals surface area (Å²) in [6, 6.07) is 14.4. The largest absolute Gasteiger partial charge is 0.493 e. The maximum atomic E-state index is 13.1. The number of rotatable bonds is 6. The van der Waals surface area contributed by atoms with Crippen LogP contribution in [0.25, 0.3) is 6.08 Å². The van der Waals surface area contributed by atoms with Crippen molar-refractivity contribution in [2.45, 2.75) is 12.8 Å². The first-order valence-corrected chi connectivity index (χ1v) is 11.9. The predicted octanol–water partition coefficient (Wildman–Crippen LogP) is 7.66. The molecular formula is C25H17Cl2F3N2O3S. The van der Waals surface area contributed by atoms with Crippen molar-refractivity contribution in [1.82, 2.24) is 0 Å². The van der Waals surface area contributed by atoms with Crippen molar-refractivity contribution in [3.63, 3.8) is 0 Å². The van der Waals surface area contributed by atoms with Crippen LogP contribution in [0.15, 0.2) is 65.6 Å². The van der Waals surface area contributed by atoms with Gasteiger partial charge in [0.2, 0.25) is 0 Å². The third-order valence-electron chi connectivity index (χ3n) is 5.14. The Bertz CT molecular complexity index is 1380. The molecule has 5 nitrogen and oxygen atoms in total. The molecule has 1 amide bonds. The average Bonchev–Trinajstić information content (AvgIpc) is 3.11. The second-order valence-corrected chi connectivity index (χ2v) is 9.41. The molecule has 3 aromatic rings. The Morgan fingerprint density at radius 2 is 1.83 bits per heavy atom. The van der Waals surface area contributed by atoms with Crippen LogP contribution in [-0.4, -0.2) is 18.2 Å². The van der Waals surface area contributed by atoms with Crippen molar-refractivity contribution in [1.29, 1.82) is 5.41 Å². The van der Waals surface area contributed by atoms with Gasteiger partial charge in [-0.05, 0) is 65.9 Å². The smallest absolute Gasteiger partial charge is 0.416 e. The summed E-state index contributed by atoms with van der Waals surface area (Å²) in [5.41, 5.74) is 0.384. The molecule has 1 aliphatic heterocycles. The first kappa shape index (κ1) is 25.9. The van der Waals surface area contributed by atoms with E-state index in [0.717, 1.165) is 34.4 Å². The topological polar surface area (TPSA) is 62.6 Å². The lowest BCUT2D eigenvalue weighted by atomic mass is 10.1. The van der Waals surface area contributed by atoms with Gasteiger partial charge in [0.25, 0.3) is 5.91 Å². The second kappa shape index (κ2) is 10.5. The van der Waals surface area contributed by atoms with Crippen molar-refractivity contribution < 1.29 is 27.4 Å². The summed E-state index contributed by atoms with van der Waals surface area (Å²) in [6.07, 6.45) is -3.02. The number of thioether (sulfide) groups is 1. The molecule has 11 heteroatoms. The number of halogens is 5. The number of amidine groups is 1. The number of methoxy groups -OCH3 is 1. The molecule has 1 aliphatic rings. The molecule has 0 aliphatic carbocycles. The maximum absolute atomic E-state index is 13.1. The van der Waals surface area contributed by atoms with Crippen molar-refractivity contribution in [2.24, 2.45) is 0 Å². The molecule has 0 radical (unpaired) electrons. The molecule has 0 atom stereocenters. The van der Waals surface area contributed by atoms with Gasteiger partial charge in [-0.3, -0.25) is 15.1 Å². The van der Waals surface area contributed by atoms with Gasteiger partial charge in [-0.25, -0.2) is 0 Å². The summed E-state index contributed by atoms with van der Waals surface area (Å²) in [5, 5.41) is 8.94. The standard InChI is InChI=1S/C25H17Cl2F3N2O3S/c1-34-21-9-14(5-8-20(21)35-13-15-6-7-17(26)12-19(15)27)10-22-23(33)32(24(31)36-22)18-4-2-3-16(11-18)25(28,29)30/h2-12,31H,13H2,1H3/b22-10-,31-24?. The van der Waals surface area contributed by atoms with E-state index < -0.39 is 17.6 Å². The number of amides is 1. The Labute approximate surface area is 218 Å². The van der Waals surface area contributed by atoms with Crippen LogP contribution in [0.3, 0.4) is 0 Å². The molecule has 36 heavy (non-hydrogen) atoms. The van der Waals surface area contributed by atoms with Gasteiger partial charge >= 0.3 is 6.18 Å². The molecule has 0 aromatic heterocycles. The van der Waals surface area contributed by atoms with E-state index in [2.05, 4.69) is 0 Å². The molecule has 0 spiro atoms. The molecule has 0 bridgehead atoms. The highest BCUT2D eigenvalue weighted by Gasteiger charge is 2.36. The van der Waals surface area contributed by atoms with Gasteiger partial charge in [-0.1, -0.05) is 41.4 Å². The molecule has 1 heterocycles. The van der Waals surface area contributed by atoms with E-state index in [1.807, 2.05) is 0 Å². The fraction of sp³-hybridized carbons (Fsp3) is 0.120. The molecule has 3 aromatic carbocycles. The Hall–Kier alpha value is -3.14. The van der Waals surface area contributed by atoms with Crippen LogP contribution in [0.2, 0.25) is 10.0 Å². The number of benzene rings is 3. The van der Waals surface area contributed by atoms with Crippen LogP contribution in [-0.2, 0) is 17.6 Å². The highest BCUT2D eigenvalue weighted by Crippen LogP contribution is 2.39. The average molecular weight is 553 g/mol. The van der Waals surface area contributed by atoms with Crippen LogP contribution in [0.1, 0.15) is 16.7 Å². The quantitative estimate of drug-likeness (QED) is 0.319. The number of alkyl halides is 3. The van der Waals surface area contributed by atoms with Crippen LogP contribution in [0.4, 0.5) is 18.9 Å². The normalized spacial score (nSPS) is 15.1. The van der Waals surface area contributed by atoms with Crippen LogP contribution < -0.4 is 14.4 Å². The minimum Gasteiger partial charge on any atom is -0.493 e. The minimum atomic E-state index is -4.56. The zero-order valence-corrected chi connectivity index (χ0v) is 20.9. The number of carbonyl (C=O) groups excluding carboxylic acids is 1. The van der Waals surface area contributed by atoms with Gasteiger partial charge in [0, 0.05) is 15.6 Å². The van der Waals surface area contributed by atoms with E-state index in [1.165, 1.54) is 25.3 Å². The third-order valence-corrected chi connectivity index (χ3v) is 6.61. The summed E-state index contributed by atoms with van der Waals surface area (Å²) in [6.45, 7) is 0.171. The lowest BCUT2D eigenvalue weighted by Gasteiger charge is -2.16. The SMILES string of the molecule is COc1cc(/C=C2\SC(=N)N(c3cccc(C(F)(F)F)c3)C2=O)ccc1OCc1ccc(Cl)cc1Cl. The van der Waals surface area contributed by atoms with Crippen molar-refractivity contribution in [2.75, 3.05) is 12.0 Å². The van der Waals surface area contributed by atoms with Gasteiger partial charge in [0.05, 0.1) is 23.3 Å². The Morgan fingerprint density at radius 1 is 1.06 bits per heavy atom. The Morgan fingerprint density at radius 3 is 2.53 bits per heavy atom. The van der Waals surface area contributed by atoms with Gasteiger partial charge in [0.1, 0.15) is 6.61 Å². The lowest BCUT2D eigenvalue weighted by Crippen LogP contribution is -2.28. The number of nitrogens with one attached hydrogen (secondary N) is 1. The third kappa shape index (κ3) is 5.64. The monoisotopic (exact) mass is 552 g/mol. The van der Waals surface area contributed by atoms with E-state index in [-0.39, 0.29) is 22.4 Å². The van der Waals surface area contributed by atoms with Gasteiger partial charge in [-0.2, -0.15) is 13.2 Å². The summed E-state index contributed by atoms with van der Waals surface area (Å²) in [4.78, 5) is 14.1. The fourth-order valence-corrected chi connectivity index (χ4v) is 4.71. The Balaban J connectivity index is 1.54. The zero-order valence-electron chi connectivity index (χ0n) is 18.5. The molecular weight excluding hydrogens is 536 g/mol. The van der Waals surface area contributed by atoms with Gasteiger partial charge in [-0.15, -0.1) is 0 Å².